The van der Waals surface area contributed by atoms with Crippen LogP contribution in [0.5, 0.6) is 0 Å². The van der Waals surface area contributed by atoms with E-state index in [1.165, 1.54) is 32.2 Å². The highest BCUT2D eigenvalue weighted by atomic mass is 32.2. The van der Waals surface area contributed by atoms with Crippen molar-refractivity contribution in [2.75, 3.05) is 33.4 Å². The van der Waals surface area contributed by atoms with Gasteiger partial charge in [-0.1, -0.05) is 32.0 Å². The van der Waals surface area contributed by atoms with Crippen molar-refractivity contribution in [3.8, 4) is 0 Å². The highest BCUT2D eigenvalue weighted by Crippen LogP contribution is 2.21. The number of benzene rings is 1. The van der Waals surface area contributed by atoms with Gasteiger partial charge in [-0.05, 0) is 49.2 Å². The summed E-state index contributed by atoms with van der Waals surface area (Å²) >= 11 is 1.10. The lowest BCUT2D eigenvalue weighted by Gasteiger charge is -2.25. The van der Waals surface area contributed by atoms with Gasteiger partial charge >= 0.3 is 5.97 Å². The van der Waals surface area contributed by atoms with Crippen LogP contribution in [-0.2, 0) is 30.9 Å². The van der Waals surface area contributed by atoms with Crippen molar-refractivity contribution in [2.24, 2.45) is 0 Å². The molecule has 0 bridgehead atoms. The van der Waals surface area contributed by atoms with Gasteiger partial charge in [0.25, 0.3) is 15.9 Å². The summed E-state index contributed by atoms with van der Waals surface area (Å²) < 4.78 is 37.7. The molecule has 11 heteroatoms. The molecule has 2 aromatic rings. The number of rotatable bonds is 13. The summed E-state index contributed by atoms with van der Waals surface area (Å²) in [7, 11) is -3.15. The van der Waals surface area contributed by atoms with Crippen LogP contribution in [0.2, 0.25) is 0 Å². The van der Waals surface area contributed by atoms with E-state index >= 15 is 0 Å². The molecule has 1 atom stereocenters. The molecule has 1 amide bonds. The first kappa shape index (κ1) is 26.9. The Balaban J connectivity index is 2.24. The summed E-state index contributed by atoms with van der Waals surface area (Å²) in [6.45, 7) is 8.96. The van der Waals surface area contributed by atoms with E-state index in [-0.39, 0.29) is 16.4 Å². The van der Waals surface area contributed by atoms with Crippen LogP contribution < -0.4 is 5.43 Å². The summed E-state index contributed by atoms with van der Waals surface area (Å²) in [6, 6.07) is 8.29. The van der Waals surface area contributed by atoms with Crippen LogP contribution in [0.25, 0.3) is 0 Å². The number of thiophene rings is 1. The standard InChI is InChI=1S/C22H31N3O6S2/c1-5-24(6-2)12-13-31-16-18-9-7-10-19(15-18)33(28,29)25(23-17(3)22(27)30-4)21(26)20-11-8-14-32-20/h7-11,14-15,17,23H,5-6,12-13,16H2,1-4H3/t17-/m0/s1. The molecular formula is C22H31N3O6S2. The van der Waals surface area contributed by atoms with Crippen LogP contribution in [0.1, 0.15) is 36.0 Å². The van der Waals surface area contributed by atoms with Gasteiger partial charge in [0.1, 0.15) is 6.04 Å². The molecule has 9 nitrogen and oxygen atoms in total. The molecule has 0 spiro atoms. The van der Waals surface area contributed by atoms with E-state index in [2.05, 4.69) is 28.9 Å². The number of nitrogens with zero attached hydrogens (tertiary/aromatic N) is 2. The molecule has 0 aliphatic heterocycles. The van der Waals surface area contributed by atoms with Crippen molar-refractivity contribution in [1.29, 1.82) is 0 Å². The lowest BCUT2D eigenvalue weighted by Crippen LogP contribution is -2.52. The molecule has 2 rings (SSSR count). The number of methoxy groups -OCH3 is 1. The molecule has 0 saturated heterocycles. The van der Waals surface area contributed by atoms with Gasteiger partial charge in [0.05, 0.1) is 30.1 Å². The van der Waals surface area contributed by atoms with Crippen molar-refractivity contribution < 1.29 is 27.5 Å². The number of esters is 1. The third-order valence-electron chi connectivity index (χ3n) is 4.93. The first-order valence-electron chi connectivity index (χ1n) is 10.6. The highest BCUT2D eigenvalue weighted by molar-refractivity contribution is 7.89. The lowest BCUT2D eigenvalue weighted by atomic mass is 10.2. The van der Waals surface area contributed by atoms with Crippen molar-refractivity contribution in [2.45, 2.75) is 38.3 Å². The van der Waals surface area contributed by atoms with E-state index in [9.17, 15) is 18.0 Å². The monoisotopic (exact) mass is 497 g/mol. The van der Waals surface area contributed by atoms with Crippen molar-refractivity contribution in [1.82, 2.24) is 14.7 Å². The second-order valence-electron chi connectivity index (χ2n) is 7.15. The summed E-state index contributed by atoms with van der Waals surface area (Å²) in [6.07, 6.45) is 0. The summed E-state index contributed by atoms with van der Waals surface area (Å²) in [5, 5.41) is 1.66. The maximum atomic E-state index is 13.4. The van der Waals surface area contributed by atoms with Crippen molar-refractivity contribution >= 4 is 33.2 Å². The van der Waals surface area contributed by atoms with Gasteiger partial charge in [0.2, 0.25) is 0 Å². The second-order valence-corrected chi connectivity index (χ2v) is 9.89. The third kappa shape index (κ3) is 7.34. The molecule has 1 aromatic heterocycles. The molecule has 0 aliphatic carbocycles. The number of hydrazine groups is 1. The molecule has 0 saturated carbocycles. The zero-order valence-electron chi connectivity index (χ0n) is 19.3. The largest absolute Gasteiger partial charge is 0.468 e. The Morgan fingerprint density at radius 3 is 2.48 bits per heavy atom. The van der Waals surface area contributed by atoms with Gasteiger partial charge < -0.3 is 14.4 Å². The van der Waals surface area contributed by atoms with Crippen LogP contribution in [-0.4, -0.2) is 69.0 Å². The first-order chi connectivity index (χ1) is 15.7. The van der Waals surface area contributed by atoms with Crippen LogP contribution in [0.4, 0.5) is 0 Å². The third-order valence-corrected chi connectivity index (χ3v) is 7.39. The van der Waals surface area contributed by atoms with E-state index in [1.54, 1.807) is 23.6 Å². The molecule has 1 aromatic carbocycles. The molecule has 1 heterocycles. The quantitative estimate of drug-likeness (QED) is 0.256. The van der Waals surface area contributed by atoms with Gasteiger partial charge in [0.15, 0.2) is 0 Å². The van der Waals surface area contributed by atoms with Gasteiger partial charge in [-0.2, -0.15) is 12.8 Å². The minimum Gasteiger partial charge on any atom is -0.468 e. The predicted octanol–water partition coefficient (Wildman–Crippen LogP) is 2.50. The van der Waals surface area contributed by atoms with Crippen LogP contribution in [0.15, 0.2) is 46.7 Å². The Morgan fingerprint density at radius 2 is 1.88 bits per heavy atom. The predicted molar refractivity (Wildman–Crippen MR) is 126 cm³/mol. The van der Waals surface area contributed by atoms with Crippen molar-refractivity contribution in [3.05, 3.63) is 52.2 Å². The number of amides is 1. The average Bonchev–Trinajstić information content (AvgIpc) is 3.36. The number of hydrogen-bond acceptors (Lipinski definition) is 9. The van der Waals surface area contributed by atoms with E-state index in [0.29, 0.717) is 16.6 Å². The molecule has 1 N–H and O–H groups in total. The van der Waals surface area contributed by atoms with Crippen LogP contribution in [0.3, 0.4) is 0 Å². The molecule has 0 radical (unpaired) electrons. The molecule has 182 valence electrons. The topological polar surface area (TPSA) is 105 Å². The molecular weight excluding hydrogens is 466 g/mol. The SMILES string of the molecule is CCN(CC)CCOCc1cccc(S(=O)(=O)N(N[C@@H](C)C(=O)OC)C(=O)c2cccs2)c1. The normalized spacial score (nSPS) is 12.5. The molecule has 0 unspecified atom stereocenters. The zero-order valence-corrected chi connectivity index (χ0v) is 20.9. The summed E-state index contributed by atoms with van der Waals surface area (Å²) in [5.74, 6) is -1.49. The number of carbonyl (C=O) groups excluding carboxylic acids is 2. The Labute approximate surface area is 199 Å². The zero-order chi connectivity index (χ0) is 24.4. The van der Waals surface area contributed by atoms with Crippen LogP contribution >= 0.6 is 11.3 Å². The Kier molecular flexibility index (Phi) is 10.5. The van der Waals surface area contributed by atoms with E-state index in [4.69, 9.17) is 4.74 Å². The number of ether oxygens (including phenoxy) is 2. The number of likely N-dealkylation sites (N-methyl/N-ethyl adjacent to an activating group) is 1. The second kappa shape index (κ2) is 12.8. The van der Waals surface area contributed by atoms with Gasteiger partial charge in [0, 0.05) is 6.54 Å². The fraction of sp³-hybridized carbons (Fsp3) is 0.455. The molecule has 33 heavy (non-hydrogen) atoms. The Hall–Kier alpha value is -2.31. The lowest BCUT2D eigenvalue weighted by molar-refractivity contribution is -0.143. The number of carbonyl (C=O) groups is 2. The minimum absolute atomic E-state index is 0.0955. The van der Waals surface area contributed by atoms with E-state index in [0.717, 1.165) is 31.0 Å². The highest BCUT2D eigenvalue weighted by Gasteiger charge is 2.34. The smallest absolute Gasteiger partial charge is 0.324 e. The number of nitrogens with one attached hydrogen (secondary N) is 1. The maximum Gasteiger partial charge on any atom is 0.324 e. The van der Waals surface area contributed by atoms with Gasteiger partial charge in [-0.15, -0.1) is 11.3 Å². The number of hydrogen-bond donors (Lipinski definition) is 1. The fourth-order valence-corrected chi connectivity index (χ4v) is 5.05. The van der Waals surface area contributed by atoms with E-state index in [1.807, 2.05) is 0 Å². The van der Waals surface area contributed by atoms with Gasteiger partial charge in [-0.3, -0.25) is 9.59 Å². The minimum atomic E-state index is -4.33. The first-order valence-corrected chi connectivity index (χ1v) is 12.9. The fourth-order valence-electron chi connectivity index (χ4n) is 2.97. The Bertz CT molecular complexity index is 1010. The van der Waals surface area contributed by atoms with Crippen molar-refractivity contribution in [3.63, 3.8) is 0 Å². The maximum absolute atomic E-state index is 13.4. The molecule has 0 fully saturated rings. The number of sulfonamides is 1. The summed E-state index contributed by atoms with van der Waals surface area (Å²) in [5.41, 5.74) is 3.14. The summed E-state index contributed by atoms with van der Waals surface area (Å²) in [4.78, 5) is 27.2. The van der Waals surface area contributed by atoms with Gasteiger partial charge in [-0.25, -0.2) is 5.43 Å². The van der Waals surface area contributed by atoms with Crippen LogP contribution in [0, 0.1) is 0 Å². The average molecular weight is 498 g/mol. The Morgan fingerprint density at radius 1 is 1.15 bits per heavy atom. The molecule has 0 aliphatic rings. The van der Waals surface area contributed by atoms with E-state index < -0.39 is 27.9 Å².